The molecule has 4 bridgehead atoms. The van der Waals surface area contributed by atoms with Crippen molar-refractivity contribution in [3.8, 4) is 0 Å². The summed E-state index contributed by atoms with van der Waals surface area (Å²) in [5, 5.41) is 3.60. The second-order valence-electron chi connectivity index (χ2n) is 7.74. The van der Waals surface area contributed by atoms with Gasteiger partial charge in [0, 0.05) is 6.04 Å². The van der Waals surface area contributed by atoms with Crippen molar-refractivity contribution in [2.24, 2.45) is 23.2 Å². The Balaban J connectivity index is 1.58. The van der Waals surface area contributed by atoms with Crippen LogP contribution in [0.5, 0.6) is 0 Å². The van der Waals surface area contributed by atoms with Crippen molar-refractivity contribution in [1.82, 2.24) is 5.32 Å². The standard InChI is InChI=1S/C17H23Br2NS/c1-20-14(13-5-15(18)21-16(13)19)9-17-6-10-2-11(7-17)4-12(3-10)8-17/h5,10-12,14,20H,2-4,6-9H2,1H3. The summed E-state index contributed by atoms with van der Waals surface area (Å²) in [5.41, 5.74) is 2.08. The smallest absolute Gasteiger partial charge is 0.0758 e. The molecule has 1 N–H and O–H groups in total. The van der Waals surface area contributed by atoms with Gasteiger partial charge in [0.1, 0.15) is 0 Å². The number of thiophene rings is 1. The molecule has 4 fully saturated rings. The van der Waals surface area contributed by atoms with Crippen LogP contribution in [0.1, 0.15) is 56.6 Å². The van der Waals surface area contributed by atoms with Gasteiger partial charge in [-0.15, -0.1) is 11.3 Å². The highest BCUT2D eigenvalue weighted by molar-refractivity contribution is 9.12. The Morgan fingerprint density at radius 3 is 2.19 bits per heavy atom. The second-order valence-corrected chi connectivity index (χ2v) is 11.5. The maximum atomic E-state index is 3.76. The lowest BCUT2D eigenvalue weighted by molar-refractivity contribution is -0.0619. The summed E-state index contributed by atoms with van der Waals surface area (Å²) in [7, 11) is 2.13. The normalized spacial score (nSPS) is 38.9. The Hall–Kier alpha value is 0.620. The molecule has 1 aromatic rings. The fraction of sp³-hybridized carbons (Fsp3) is 0.765. The van der Waals surface area contributed by atoms with Crippen molar-refractivity contribution in [1.29, 1.82) is 0 Å². The Morgan fingerprint density at radius 1 is 1.19 bits per heavy atom. The highest BCUT2D eigenvalue weighted by Gasteiger charge is 2.51. The van der Waals surface area contributed by atoms with E-state index in [0.29, 0.717) is 11.5 Å². The lowest BCUT2D eigenvalue weighted by atomic mass is 9.48. The van der Waals surface area contributed by atoms with Crippen LogP contribution in [0.15, 0.2) is 13.6 Å². The summed E-state index contributed by atoms with van der Waals surface area (Å²) in [4.78, 5) is 0. The molecule has 0 saturated heterocycles. The third-order valence-electron chi connectivity index (χ3n) is 6.21. The minimum absolute atomic E-state index is 0.498. The van der Waals surface area contributed by atoms with Crippen LogP contribution in [0.4, 0.5) is 0 Å². The molecule has 1 heterocycles. The first-order chi connectivity index (χ1) is 10.1. The zero-order valence-electron chi connectivity index (χ0n) is 12.5. The molecule has 5 rings (SSSR count). The summed E-state index contributed by atoms with van der Waals surface area (Å²) in [5.74, 6) is 3.14. The molecule has 4 heteroatoms. The van der Waals surface area contributed by atoms with Crippen LogP contribution in [0.25, 0.3) is 0 Å². The van der Waals surface area contributed by atoms with Gasteiger partial charge in [0.25, 0.3) is 0 Å². The van der Waals surface area contributed by atoms with Gasteiger partial charge in [0.2, 0.25) is 0 Å². The Kier molecular flexibility index (Phi) is 4.05. The molecule has 0 aliphatic heterocycles. The average Bonchev–Trinajstić information content (AvgIpc) is 2.73. The van der Waals surface area contributed by atoms with Gasteiger partial charge in [0.15, 0.2) is 0 Å². The lowest BCUT2D eigenvalue weighted by Gasteiger charge is -2.57. The number of rotatable bonds is 4. The number of nitrogens with one attached hydrogen (secondary N) is 1. The second kappa shape index (κ2) is 5.61. The molecule has 4 aliphatic rings. The highest BCUT2D eigenvalue weighted by atomic mass is 79.9. The molecule has 1 atom stereocenters. The predicted octanol–water partition coefficient (Wildman–Crippen LogP) is 6.14. The fourth-order valence-corrected chi connectivity index (χ4v) is 8.91. The Bertz CT molecular complexity index is 504. The maximum Gasteiger partial charge on any atom is 0.0758 e. The van der Waals surface area contributed by atoms with Gasteiger partial charge in [-0.2, -0.15) is 0 Å². The molecule has 0 amide bonds. The van der Waals surface area contributed by atoms with Crippen LogP contribution >= 0.6 is 43.2 Å². The quantitative estimate of drug-likeness (QED) is 0.602. The van der Waals surface area contributed by atoms with E-state index in [-0.39, 0.29) is 0 Å². The van der Waals surface area contributed by atoms with Gasteiger partial charge >= 0.3 is 0 Å². The van der Waals surface area contributed by atoms with Crippen LogP contribution < -0.4 is 5.32 Å². The van der Waals surface area contributed by atoms with E-state index in [1.54, 1.807) is 11.3 Å². The third kappa shape index (κ3) is 2.79. The molecule has 1 unspecified atom stereocenters. The molecule has 0 radical (unpaired) electrons. The van der Waals surface area contributed by atoms with Crippen molar-refractivity contribution < 1.29 is 0 Å². The Labute approximate surface area is 148 Å². The maximum absolute atomic E-state index is 3.76. The van der Waals surface area contributed by atoms with E-state index in [0.717, 1.165) is 17.8 Å². The van der Waals surface area contributed by atoms with Crippen LogP contribution in [-0.2, 0) is 0 Å². The van der Waals surface area contributed by atoms with Crippen molar-refractivity contribution in [2.75, 3.05) is 7.05 Å². The molecule has 0 spiro atoms. The molecule has 21 heavy (non-hydrogen) atoms. The number of halogens is 2. The zero-order valence-corrected chi connectivity index (χ0v) is 16.5. The molecule has 1 aromatic heterocycles. The molecule has 0 aromatic carbocycles. The van der Waals surface area contributed by atoms with Crippen molar-refractivity contribution in [2.45, 2.75) is 51.0 Å². The van der Waals surface area contributed by atoms with Crippen LogP contribution in [0.3, 0.4) is 0 Å². The van der Waals surface area contributed by atoms with Crippen molar-refractivity contribution in [3.05, 3.63) is 19.2 Å². The van der Waals surface area contributed by atoms with Gasteiger partial charge < -0.3 is 5.32 Å². The van der Waals surface area contributed by atoms with Crippen LogP contribution in [-0.4, -0.2) is 7.05 Å². The number of hydrogen-bond donors (Lipinski definition) is 1. The molecule has 4 aliphatic carbocycles. The monoisotopic (exact) mass is 431 g/mol. The van der Waals surface area contributed by atoms with Gasteiger partial charge in [-0.25, -0.2) is 0 Å². The summed E-state index contributed by atoms with van der Waals surface area (Å²) < 4.78 is 2.52. The minimum atomic E-state index is 0.498. The minimum Gasteiger partial charge on any atom is -0.313 e. The molecule has 4 saturated carbocycles. The van der Waals surface area contributed by atoms with Gasteiger partial charge in [-0.3, -0.25) is 0 Å². The lowest BCUT2D eigenvalue weighted by Crippen LogP contribution is -2.47. The van der Waals surface area contributed by atoms with E-state index in [1.807, 2.05) is 0 Å². The first-order valence-corrected chi connectivity index (χ1v) is 10.6. The highest BCUT2D eigenvalue weighted by Crippen LogP contribution is 2.62. The van der Waals surface area contributed by atoms with E-state index in [1.165, 1.54) is 58.1 Å². The summed E-state index contributed by atoms with van der Waals surface area (Å²) in [6, 6.07) is 2.80. The molecular formula is C17H23Br2NS. The predicted molar refractivity (Wildman–Crippen MR) is 96.7 cm³/mol. The zero-order chi connectivity index (χ0) is 14.6. The van der Waals surface area contributed by atoms with Gasteiger partial charge in [0.05, 0.1) is 7.57 Å². The van der Waals surface area contributed by atoms with Crippen LogP contribution in [0, 0.1) is 23.2 Å². The van der Waals surface area contributed by atoms with Crippen LogP contribution in [0.2, 0.25) is 0 Å². The van der Waals surface area contributed by atoms with E-state index >= 15 is 0 Å². The summed E-state index contributed by atoms with van der Waals surface area (Å²) in [6.07, 6.45) is 10.4. The summed E-state index contributed by atoms with van der Waals surface area (Å²) >= 11 is 9.19. The van der Waals surface area contributed by atoms with Crippen molar-refractivity contribution >= 4 is 43.2 Å². The summed E-state index contributed by atoms with van der Waals surface area (Å²) in [6.45, 7) is 0. The number of hydrogen-bond acceptors (Lipinski definition) is 2. The molecule has 116 valence electrons. The topological polar surface area (TPSA) is 12.0 Å². The molecule has 1 nitrogen and oxygen atoms in total. The Morgan fingerprint density at radius 2 is 1.76 bits per heavy atom. The van der Waals surface area contributed by atoms with Gasteiger partial charge in [-0.05, 0) is 119 Å². The van der Waals surface area contributed by atoms with E-state index < -0.39 is 0 Å². The van der Waals surface area contributed by atoms with E-state index in [4.69, 9.17) is 0 Å². The fourth-order valence-electron chi connectivity index (χ4n) is 5.93. The first kappa shape index (κ1) is 15.2. The SMILES string of the molecule is CNC(CC12CC3CC(CC(C3)C1)C2)c1cc(Br)sc1Br. The third-order valence-corrected chi connectivity index (χ3v) is 8.59. The van der Waals surface area contributed by atoms with E-state index in [9.17, 15) is 0 Å². The largest absolute Gasteiger partial charge is 0.313 e. The first-order valence-electron chi connectivity index (χ1n) is 8.19. The van der Waals surface area contributed by atoms with Gasteiger partial charge in [-0.1, -0.05) is 0 Å². The average molecular weight is 433 g/mol. The molecular weight excluding hydrogens is 410 g/mol. The van der Waals surface area contributed by atoms with Crippen molar-refractivity contribution in [3.63, 3.8) is 0 Å². The van der Waals surface area contributed by atoms with E-state index in [2.05, 4.69) is 50.3 Å².